The fraction of sp³-hybridized carbons (Fsp3) is 0.125. The Bertz CT molecular complexity index is 1320. The first-order chi connectivity index (χ1) is 16.7. The molecule has 0 fully saturated rings. The number of aromatic nitrogens is 3. The third kappa shape index (κ3) is 5.90. The SMILES string of the molecule is COc1nc(-c2cccc(C(F)(F)F)c2)n(-c2ccc(NC(=O)COc3ccc(Cl)cc3)cc2)n1. The van der Waals surface area contributed by atoms with E-state index in [1.807, 2.05) is 0 Å². The van der Waals surface area contributed by atoms with Crippen LogP contribution in [0.1, 0.15) is 5.56 Å². The second-order valence-corrected chi connectivity index (χ2v) is 7.69. The molecule has 1 N–H and O–H groups in total. The van der Waals surface area contributed by atoms with Crippen LogP contribution in [0.15, 0.2) is 72.8 Å². The van der Waals surface area contributed by atoms with Gasteiger partial charge in [-0.15, -0.1) is 5.10 Å². The Labute approximate surface area is 203 Å². The zero-order valence-corrected chi connectivity index (χ0v) is 19.0. The number of alkyl halides is 3. The first-order valence-corrected chi connectivity index (χ1v) is 10.6. The predicted octanol–water partition coefficient (Wildman–Crippen LogP) is 5.63. The molecule has 0 aliphatic carbocycles. The molecule has 7 nitrogen and oxygen atoms in total. The van der Waals surface area contributed by atoms with Gasteiger partial charge in [-0.25, -0.2) is 4.68 Å². The summed E-state index contributed by atoms with van der Waals surface area (Å²) in [5.74, 6) is 0.294. The maximum Gasteiger partial charge on any atom is 0.416 e. The molecule has 1 heterocycles. The summed E-state index contributed by atoms with van der Waals surface area (Å²) < 4.78 is 51.4. The predicted molar refractivity (Wildman–Crippen MR) is 124 cm³/mol. The average molecular weight is 503 g/mol. The number of carbonyl (C=O) groups excluding carboxylic acids is 1. The summed E-state index contributed by atoms with van der Waals surface area (Å²) in [5.41, 5.74) is 0.407. The van der Waals surface area contributed by atoms with Crippen LogP contribution in [0.25, 0.3) is 17.1 Å². The maximum atomic E-state index is 13.2. The Morgan fingerprint density at radius 3 is 2.43 bits per heavy atom. The molecule has 180 valence electrons. The van der Waals surface area contributed by atoms with E-state index in [0.717, 1.165) is 12.1 Å². The lowest BCUT2D eigenvalue weighted by Crippen LogP contribution is -2.20. The highest BCUT2D eigenvalue weighted by molar-refractivity contribution is 6.30. The van der Waals surface area contributed by atoms with Crippen LogP contribution in [0.2, 0.25) is 5.02 Å². The quantitative estimate of drug-likeness (QED) is 0.354. The highest BCUT2D eigenvalue weighted by Crippen LogP contribution is 2.33. The van der Waals surface area contributed by atoms with Crippen molar-refractivity contribution in [3.8, 4) is 28.8 Å². The van der Waals surface area contributed by atoms with Crippen LogP contribution in [-0.4, -0.2) is 34.4 Å². The summed E-state index contributed by atoms with van der Waals surface area (Å²) in [7, 11) is 1.36. The Morgan fingerprint density at radius 2 is 1.77 bits per heavy atom. The van der Waals surface area contributed by atoms with Gasteiger partial charge in [-0.3, -0.25) is 4.79 Å². The second kappa shape index (κ2) is 10.1. The van der Waals surface area contributed by atoms with Gasteiger partial charge >= 0.3 is 12.2 Å². The normalized spacial score (nSPS) is 11.2. The number of hydrogen-bond donors (Lipinski definition) is 1. The van der Waals surface area contributed by atoms with Crippen molar-refractivity contribution in [1.29, 1.82) is 0 Å². The number of hydrogen-bond acceptors (Lipinski definition) is 5. The van der Waals surface area contributed by atoms with Crippen molar-refractivity contribution in [2.45, 2.75) is 6.18 Å². The minimum atomic E-state index is -4.50. The van der Waals surface area contributed by atoms with Crippen molar-refractivity contribution in [1.82, 2.24) is 14.8 Å². The molecule has 0 radical (unpaired) electrons. The number of carbonyl (C=O) groups is 1. The van der Waals surface area contributed by atoms with Crippen LogP contribution in [0.5, 0.6) is 11.8 Å². The second-order valence-electron chi connectivity index (χ2n) is 7.25. The third-order valence-electron chi connectivity index (χ3n) is 4.80. The molecule has 4 aromatic rings. The van der Waals surface area contributed by atoms with Crippen LogP contribution in [0, 0.1) is 0 Å². The molecule has 0 bridgehead atoms. The molecule has 4 rings (SSSR count). The first-order valence-electron chi connectivity index (χ1n) is 10.2. The Morgan fingerprint density at radius 1 is 1.06 bits per heavy atom. The minimum absolute atomic E-state index is 0.00543. The van der Waals surface area contributed by atoms with Gasteiger partial charge in [0.1, 0.15) is 5.75 Å². The van der Waals surface area contributed by atoms with Gasteiger partial charge in [0.05, 0.1) is 18.4 Å². The number of rotatable bonds is 7. The van der Waals surface area contributed by atoms with E-state index >= 15 is 0 Å². The highest BCUT2D eigenvalue weighted by Gasteiger charge is 2.31. The molecular formula is C24H18ClF3N4O3. The van der Waals surface area contributed by atoms with Crippen molar-refractivity contribution < 1.29 is 27.4 Å². The molecule has 0 saturated carbocycles. The van der Waals surface area contributed by atoms with Crippen LogP contribution in [0.4, 0.5) is 18.9 Å². The van der Waals surface area contributed by atoms with Crippen LogP contribution >= 0.6 is 11.6 Å². The van der Waals surface area contributed by atoms with Crippen molar-refractivity contribution in [3.63, 3.8) is 0 Å². The Kier molecular flexibility index (Phi) is 6.92. The summed E-state index contributed by atoms with van der Waals surface area (Å²) in [6.07, 6.45) is -4.50. The number of benzene rings is 3. The van der Waals surface area contributed by atoms with Crippen LogP contribution in [-0.2, 0) is 11.0 Å². The molecule has 0 aliphatic heterocycles. The monoisotopic (exact) mass is 502 g/mol. The van der Waals surface area contributed by atoms with E-state index in [-0.39, 0.29) is 29.9 Å². The molecule has 1 aromatic heterocycles. The minimum Gasteiger partial charge on any atom is -0.484 e. The first kappa shape index (κ1) is 24.1. The van der Waals surface area contributed by atoms with Gasteiger partial charge in [0.2, 0.25) is 0 Å². The number of halogens is 4. The molecule has 35 heavy (non-hydrogen) atoms. The molecule has 11 heteroatoms. The van der Waals surface area contributed by atoms with E-state index in [1.54, 1.807) is 48.5 Å². The number of nitrogens with one attached hydrogen (secondary N) is 1. The van der Waals surface area contributed by atoms with Gasteiger partial charge in [-0.2, -0.15) is 18.2 Å². The number of ether oxygens (including phenoxy) is 2. The number of methoxy groups -OCH3 is 1. The maximum absolute atomic E-state index is 13.2. The molecule has 3 aromatic carbocycles. The topological polar surface area (TPSA) is 78.3 Å². The van der Waals surface area contributed by atoms with Crippen molar-refractivity contribution in [2.75, 3.05) is 19.0 Å². The lowest BCUT2D eigenvalue weighted by molar-refractivity contribution is -0.137. The van der Waals surface area contributed by atoms with Crippen molar-refractivity contribution in [3.05, 3.63) is 83.4 Å². The van der Waals surface area contributed by atoms with E-state index in [9.17, 15) is 18.0 Å². The molecule has 0 aliphatic rings. The lowest BCUT2D eigenvalue weighted by atomic mass is 10.1. The van der Waals surface area contributed by atoms with Crippen LogP contribution in [0.3, 0.4) is 0 Å². The zero-order valence-electron chi connectivity index (χ0n) is 18.2. The van der Waals surface area contributed by atoms with E-state index in [2.05, 4.69) is 15.4 Å². The zero-order chi connectivity index (χ0) is 25.0. The van der Waals surface area contributed by atoms with Gasteiger partial charge in [0, 0.05) is 16.3 Å². The molecule has 1 amide bonds. The smallest absolute Gasteiger partial charge is 0.416 e. The largest absolute Gasteiger partial charge is 0.484 e. The van der Waals surface area contributed by atoms with Crippen LogP contribution < -0.4 is 14.8 Å². The van der Waals surface area contributed by atoms with E-state index in [1.165, 1.54) is 23.9 Å². The van der Waals surface area contributed by atoms with Gasteiger partial charge in [-0.1, -0.05) is 23.7 Å². The standard InChI is InChI=1S/C24H18ClF3N4O3/c1-34-23-30-22(15-3-2-4-16(13-15)24(26,27)28)32(31-23)19-9-7-18(8-10-19)29-21(33)14-35-20-11-5-17(25)6-12-20/h2-13H,14H2,1H3,(H,29,33). The highest BCUT2D eigenvalue weighted by atomic mass is 35.5. The lowest BCUT2D eigenvalue weighted by Gasteiger charge is -2.11. The van der Waals surface area contributed by atoms with Gasteiger partial charge < -0.3 is 14.8 Å². The third-order valence-corrected chi connectivity index (χ3v) is 5.05. The number of anilines is 1. The van der Waals surface area contributed by atoms with Crippen molar-refractivity contribution in [2.24, 2.45) is 0 Å². The summed E-state index contributed by atoms with van der Waals surface area (Å²) in [5, 5.41) is 7.47. The fourth-order valence-electron chi connectivity index (χ4n) is 3.14. The molecular weight excluding hydrogens is 485 g/mol. The Balaban J connectivity index is 1.51. The average Bonchev–Trinajstić information content (AvgIpc) is 3.28. The van der Waals surface area contributed by atoms with E-state index < -0.39 is 11.7 Å². The molecule has 0 saturated heterocycles. The summed E-state index contributed by atoms with van der Waals surface area (Å²) in [6.45, 7) is -0.205. The summed E-state index contributed by atoms with van der Waals surface area (Å²) in [6, 6.07) is 17.9. The summed E-state index contributed by atoms with van der Waals surface area (Å²) in [4.78, 5) is 16.4. The van der Waals surface area contributed by atoms with Gasteiger partial charge in [-0.05, 0) is 60.7 Å². The van der Waals surface area contributed by atoms with Gasteiger partial charge in [0.15, 0.2) is 12.4 Å². The van der Waals surface area contributed by atoms with E-state index in [4.69, 9.17) is 21.1 Å². The van der Waals surface area contributed by atoms with Crippen molar-refractivity contribution >= 4 is 23.2 Å². The molecule has 0 spiro atoms. The fourth-order valence-corrected chi connectivity index (χ4v) is 3.27. The van der Waals surface area contributed by atoms with Gasteiger partial charge in [0.25, 0.3) is 5.91 Å². The summed E-state index contributed by atoms with van der Waals surface area (Å²) >= 11 is 5.82. The molecule has 0 atom stereocenters. The van der Waals surface area contributed by atoms with E-state index in [0.29, 0.717) is 22.1 Å². The Hall–Kier alpha value is -4.05. The molecule has 0 unspecified atom stereocenters. The number of amides is 1. The number of nitrogens with zero attached hydrogens (tertiary/aromatic N) is 3.